The molecule has 1 heterocycles. The highest BCUT2D eigenvalue weighted by Crippen LogP contribution is 2.30. The Morgan fingerprint density at radius 2 is 1.76 bits per heavy atom. The maximum Gasteiger partial charge on any atom is 0.260 e. The molecule has 6 heteroatoms. The van der Waals surface area contributed by atoms with E-state index in [-0.39, 0.29) is 5.91 Å². The largest absolute Gasteiger partial charge is 0.372 e. The van der Waals surface area contributed by atoms with Gasteiger partial charge in [-0.3, -0.25) is 9.69 Å². The third-order valence-corrected chi connectivity index (χ3v) is 6.13. The molecule has 0 fully saturated rings. The molecule has 0 unspecified atom stereocenters. The molecule has 3 rings (SSSR count). The van der Waals surface area contributed by atoms with E-state index in [0.29, 0.717) is 12.1 Å². The van der Waals surface area contributed by atoms with Gasteiger partial charge in [-0.15, -0.1) is 0 Å². The molecule has 0 atom stereocenters. The fraction of sp³-hybridized carbons (Fsp3) is 0.391. The second-order valence-electron chi connectivity index (χ2n) is 7.60. The summed E-state index contributed by atoms with van der Waals surface area (Å²) in [6, 6.07) is 14.2. The van der Waals surface area contributed by atoms with Crippen LogP contribution >= 0.6 is 11.3 Å². The number of carbonyl (C=O) groups excluding carboxylic acids is 1. The van der Waals surface area contributed by atoms with Crippen molar-refractivity contribution in [2.45, 2.75) is 20.8 Å². The van der Waals surface area contributed by atoms with Crippen LogP contribution in [0.5, 0.6) is 0 Å². The second-order valence-corrected chi connectivity index (χ2v) is 8.61. The number of aromatic nitrogens is 1. The number of benzene rings is 2. The summed E-state index contributed by atoms with van der Waals surface area (Å²) in [5, 5.41) is 0.768. The number of nitrogens with one attached hydrogen (secondary N) is 1. The number of aryl methyl sites for hydroxylation is 1. The molecule has 0 bridgehead atoms. The maximum absolute atomic E-state index is 13.4. The summed E-state index contributed by atoms with van der Waals surface area (Å²) in [5.41, 5.74) is 3.99. The lowest BCUT2D eigenvalue weighted by Crippen LogP contribution is -3.06. The molecular formula is C23H31N4OS+. The molecule has 1 amide bonds. The van der Waals surface area contributed by atoms with Crippen molar-refractivity contribution in [3.05, 3.63) is 53.6 Å². The van der Waals surface area contributed by atoms with Crippen LogP contribution in [0.15, 0.2) is 42.5 Å². The Morgan fingerprint density at radius 1 is 1.07 bits per heavy atom. The number of anilines is 2. The zero-order valence-corrected chi connectivity index (χ0v) is 18.8. The smallest absolute Gasteiger partial charge is 0.260 e. The standard InChI is InChI=1S/C23H30N4OS/c1-6-26(7-2)19-11-9-18(10-12-19)22(28)27(15-14-25(4)5)23-24-20-13-8-17(3)16-21(20)29-23/h8-13,16H,6-7,14-15H2,1-5H3/p+1. The summed E-state index contributed by atoms with van der Waals surface area (Å²) in [4.78, 5) is 23.6. The number of carbonyl (C=O) groups is 1. The number of quaternary nitrogens is 1. The average molecular weight is 412 g/mol. The summed E-state index contributed by atoms with van der Waals surface area (Å²) >= 11 is 1.59. The Kier molecular flexibility index (Phi) is 6.87. The highest BCUT2D eigenvalue weighted by molar-refractivity contribution is 7.22. The number of amides is 1. The molecular weight excluding hydrogens is 380 g/mol. The first-order chi connectivity index (χ1) is 13.9. The van der Waals surface area contributed by atoms with Crippen LogP contribution in [-0.4, -0.2) is 51.2 Å². The minimum absolute atomic E-state index is 0.00752. The Hall–Kier alpha value is -2.44. The number of hydrogen-bond acceptors (Lipinski definition) is 4. The highest BCUT2D eigenvalue weighted by Gasteiger charge is 2.22. The quantitative estimate of drug-likeness (QED) is 0.619. The summed E-state index contributed by atoms with van der Waals surface area (Å²) in [7, 11) is 4.20. The van der Waals surface area contributed by atoms with Crippen LogP contribution in [0.4, 0.5) is 10.8 Å². The first kappa shape index (κ1) is 21.3. The van der Waals surface area contributed by atoms with Gasteiger partial charge in [0.25, 0.3) is 5.91 Å². The van der Waals surface area contributed by atoms with E-state index in [1.807, 2.05) is 35.2 Å². The summed E-state index contributed by atoms with van der Waals surface area (Å²) in [6.45, 7) is 9.76. The van der Waals surface area contributed by atoms with Gasteiger partial charge in [-0.25, -0.2) is 4.98 Å². The van der Waals surface area contributed by atoms with E-state index in [2.05, 4.69) is 51.9 Å². The van der Waals surface area contributed by atoms with E-state index in [1.54, 1.807) is 11.3 Å². The van der Waals surface area contributed by atoms with Crippen LogP contribution < -0.4 is 14.7 Å². The van der Waals surface area contributed by atoms with Crippen molar-refractivity contribution in [2.75, 3.05) is 50.1 Å². The van der Waals surface area contributed by atoms with Gasteiger partial charge in [0.15, 0.2) is 5.13 Å². The molecule has 0 aliphatic rings. The number of fused-ring (bicyclic) bond motifs is 1. The Morgan fingerprint density at radius 3 is 2.38 bits per heavy atom. The summed E-state index contributed by atoms with van der Waals surface area (Å²) < 4.78 is 1.12. The van der Waals surface area contributed by atoms with Crippen LogP contribution in [0.2, 0.25) is 0 Å². The zero-order chi connectivity index (χ0) is 21.0. The first-order valence-corrected chi connectivity index (χ1v) is 11.1. The predicted molar refractivity (Wildman–Crippen MR) is 124 cm³/mol. The number of likely N-dealkylation sites (N-methyl/N-ethyl adjacent to an activating group) is 1. The molecule has 0 aliphatic carbocycles. The highest BCUT2D eigenvalue weighted by atomic mass is 32.1. The second kappa shape index (κ2) is 9.37. The molecule has 1 N–H and O–H groups in total. The van der Waals surface area contributed by atoms with Gasteiger partial charge in [0.05, 0.1) is 37.4 Å². The van der Waals surface area contributed by atoms with E-state index in [9.17, 15) is 4.79 Å². The molecule has 0 spiro atoms. The van der Waals surface area contributed by atoms with Crippen molar-refractivity contribution in [1.82, 2.24) is 4.98 Å². The predicted octanol–water partition coefficient (Wildman–Crippen LogP) is 3.24. The maximum atomic E-state index is 13.4. The van der Waals surface area contributed by atoms with Crippen LogP contribution in [-0.2, 0) is 0 Å². The fourth-order valence-electron chi connectivity index (χ4n) is 3.31. The van der Waals surface area contributed by atoms with Gasteiger partial charge in [0.2, 0.25) is 0 Å². The normalized spacial score (nSPS) is 11.2. The van der Waals surface area contributed by atoms with Gasteiger partial charge in [0.1, 0.15) is 0 Å². The van der Waals surface area contributed by atoms with E-state index in [1.165, 1.54) is 10.5 Å². The molecule has 0 saturated heterocycles. The third kappa shape index (κ3) is 4.95. The van der Waals surface area contributed by atoms with Crippen molar-refractivity contribution >= 4 is 38.3 Å². The van der Waals surface area contributed by atoms with Gasteiger partial charge >= 0.3 is 0 Å². The topological polar surface area (TPSA) is 40.9 Å². The van der Waals surface area contributed by atoms with Crippen LogP contribution in [0.1, 0.15) is 29.8 Å². The van der Waals surface area contributed by atoms with Crippen molar-refractivity contribution in [3.8, 4) is 0 Å². The van der Waals surface area contributed by atoms with Gasteiger partial charge < -0.3 is 9.80 Å². The lowest BCUT2D eigenvalue weighted by molar-refractivity contribution is -0.856. The average Bonchev–Trinajstić information content (AvgIpc) is 3.12. The Bertz CT molecular complexity index is 961. The van der Waals surface area contributed by atoms with Crippen molar-refractivity contribution in [2.24, 2.45) is 0 Å². The van der Waals surface area contributed by atoms with Crippen molar-refractivity contribution < 1.29 is 9.69 Å². The Balaban J connectivity index is 1.91. The lowest BCUT2D eigenvalue weighted by Gasteiger charge is -2.23. The molecule has 3 aromatic rings. The number of rotatable bonds is 8. The minimum Gasteiger partial charge on any atom is -0.372 e. The minimum atomic E-state index is 0.00752. The molecule has 5 nitrogen and oxygen atoms in total. The summed E-state index contributed by atoms with van der Waals surface area (Å²) in [5.74, 6) is 0.00752. The molecule has 0 saturated carbocycles. The lowest BCUT2D eigenvalue weighted by atomic mass is 10.1. The SMILES string of the molecule is CCN(CC)c1ccc(C(=O)N(CC[NH+](C)C)c2nc3ccc(C)cc3s2)cc1. The number of thiazole rings is 1. The van der Waals surface area contributed by atoms with Gasteiger partial charge in [-0.2, -0.15) is 0 Å². The van der Waals surface area contributed by atoms with Gasteiger partial charge in [-0.05, 0) is 62.7 Å². The molecule has 1 aromatic heterocycles. The van der Waals surface area contributed by atoms with Crippen molar-refractivity contribution in [3.63, 3.8) is 0 Å². The van der Waals surface area contributed by atoms with Crippen LogP contribution in [0, 0.1) is 6.92 Å². The molecule has 2 aromatic carbocycles. The van der Waals surface area contributed by atoms with Crippen LogP contribution in [0.3, 0.4) is 0 Å². The monoisotopic (exact) mass is 411 g/mol. The fourth-order valence-corrected chi connectivity index (χ4v) is 4.40. The first-order valence-electron chi connectivity index (χ1n) is 10.3. The van der Waals surface area contributed by atoms with Crippen LogP contribution in [0.25, 0.3) is 10.2 Å². The van der Waals surface area contributed by atoms with Crippen molar-refractivity contribution in [1.29, 1.82) is 0 Å². The van der Waals surface area contributed by atoms with E-state index < -0.39 is 0 Å². The van der Waals surface area contributed by atoms with E-state index in [0.717, 1.165) is 40.7 Å². The van der Waals surface area contributed by atoms with E-state index in [4.69, 9.17) is 4.98 Å². The number of nitrogens with zero attached hydrogens (tertiary/aromatic N) is 3. The number of hydrogen-bond donors (Lipinski definition) is 1. The molecule has 29 heavy (non-hydrogen) atoms. The van der Waals surface area contributed by atoms with Gasteiger partial charge in [-0.1, -0.05) is 17.4 Å². The molecule has 0 radical (unpaired) electrons. The molecule has 154 valence electrons. The Labute approximate surface area is 177 Å². The zero-order valence-electron chi connectivity index (χ0n) is 18.0. The summed E-state index contributed by atoms with van der Waals surface area (Å²) in [6.07, 6.45) is 0. The molecule has 0 aliphatic heterocycles. The third-order valence-electron chi connectivity index (χ3n) is 5.09. The van der Waals surface area contributed by atoms with Gasteiger partial charge in [0, 0.05) is 24.3 Å². The van der Waals surface area contributed by atoms with E-state index >= 15 is 0 Å².